The van der Waals surface area contributed by atoms with Crippen LogP contribution in [0, 0.1) is 0 Å². The molecule has 8 nitrogen and oxygen atoms in total. The minimum atomic E-state index is -3.42. The van der Waals surface area contributed by atoms with Gasteiger partial charge >= 0.3 is 0 Å². The molecule has 6 N–H and O–H groups in total. The van der Waals surface area contributed by atoms with Gasteiger partial charge in [-0.25, -0.2) is 13.4 Å². The van der Waals surface area contributed by atoms with Crippen molar-refractivity contribution in [2.45, 2.75) is 12.2 Å². The highest BCUT2D eigenvalue weighted by atomic mass is 32.2. The van der Waals surface area contributed by atoms with Crippen molar-refractivity contribution in [2.75, 3.05) is 12.0 Å². The fourth-order valence-corrected chi connectivity index (χ4v) is 2.80. The van der Waals surface area contributed by atoms with Crippen LogP contribution in [0.15, 0.2) is 27.7 Å². The molecule has 1 aromatic heterocycles. The summed E-state index contributed by atoms with van der Waals surface area (Å²) in [6.07, 6.45) is 3.04. The van der Waals surface area contributed by atoms with Crippen molar-refractivity contribution in [2.24, 2.45) is 26.6 Å². The second-order valence-electron chi connectivity index (χ2n) is 4.18. The van der Waals surface area contributed by atoms with Crippen LogP contribution in [0.1, 0.15) is 12.0 Å². The number of nitrogens with two attached hydrogens (primary N) is 3. The van der Waals surface area contributed by atoms with Crippen LogP contribution in [0.5, 0.6) is 0 Å². The summed E-state index contributed by atoms with van der Waals surface area (Å²) in [7, 11) is -3.42. The van der Waals surface area contributed by atoms with E-state index in [2.05, 4.69) is 14.4 Å². The first-order valence-electron chi connectivity index (χ1n) is 5.93. The van der Waals surface area contributed by atoms with Crippen molar-refractivity contribution < 1.29 is 8.42 Å². The molecule has 0 amide bonds. The minimum absolute atomic E-state index is 0.0444. The zero-order valence-electron chi connectivity index (χ0n) is 11.6. The SMILES string of the molecule is CS(=O)(=O)N=C(N)CCSCc1ccnc(N=C(N)N)c1. The highest BCUT2D eigenvalue weighted by Crippen LogP contribution is 2.16. The first-order chi connectivity index (χ1) is 9.76. The number of aromatic nitrogens is 1. The van der Waals surface area contributed by atoms with Crippen LogP contribution in [0.25, 0.3) is 0 Å². The molecular weight excluding hydrogens is 312 g/mol. The molecule has 116 valence electrons. The first kappa shape index (κ1) is 17.2. The second kappa shape index (κ2) is 7.84. The van der Waals surface area contributed by atoms with Crippen molar-refractivity contribution >= 4 is 39.4 Å². The van der Waals surface area contributed by atoms with Gasteiger partial charge < -0.3 is 17.2 Å². The number of aliphatic imine (C=N–C) groups is 1. The summed E-state index contributed by atoms with van der Waals surface area (Å²) in [5.41, 5.74) is 17.1. The number of guanidine groups is 1. The maximum atomic E-state index is 10.9. The average molecular weight is 330 g/mol. The average Bonchev–Trinajstić information content (AvgIpc) is 2.32. The highest BCUT2D eigenvalue weighted by Gasteiger charge is 2.02. The van der Waals surface area contributed by atoms with E-state index in [4.69, 9.17) is 17.2 Å². The van der Waals surface area contributed by atoms with Gasteiger partial charge in [0.25, 0.3) is 10.0 Å². The maximum absolute atomic E-state index is 10.9. The summed E-state index contributed by atoms with van der Waals surface area (Å²) in [6, 6.07) is 3.63. The van der Waals surface area contributed by atoms with Gasteiger partial charge in [0.1, 0.15) is 5.84 Å². The van der Waals surface area contributed by atoms with Crippen LogP contribution in [-0.4, -0.2) is 37.2 Å². The van der Waals surface area contributed by atoms with Gasteiger partial charge in [-0.1, -0.05) is 0 Å². The Hall–Kier alpha value is -1.81. The summed E-state index contributed by atoms with van der Waals surface area (Å²) in [5, 5.41) is 0. The second-order valence-corrected chi connectivity index (χ2v) is 6.93. The predicted octanol–water partition coefficient (Wildman–Crippen LogP) is -0.0734. The summed E-state index contributed by atoms with van der Waals surface area (Å²) in [6.45, 7) is 0. The van der Waals surface area contributed by atoms with E-state index in [-0.39, 0.29) is 11.8 Å². The lowest BCUT2D eigenvalue weighted by Crippen LogP contribution is -2.22. The third-order valence-electron chi connectivity index (χ3n) is 2.11. The Kier molecular flexibility index (Phi) is 6.43. The van der Waals surface area contributed by atoms with E-state index in [1.165, 1.54) is 0 Å². The van der Waals surface area contributed by atoms with Gasteiger partial charge in [0.15, 0.2) is 11.8 Å². The zero-order chi connectivity index (χ0) is 15.9. The molecular formula is C11H18N6O2S2. The van der Waals surface area contributed by atoms with Crippen LogP contribution in [-0.2, 0) is 15.8 Å². The van der Waals surface area contributed by atoms with Gasteiger partial charge in [-0.15, -0.1) is 0 Å². The molecule has 0 saturated carbocycles. The third kappa shape index (κ3) is 8.15. The van der Waals surface area contributed by atoms with Crippen molar-refractivity contribution in [3.63, 3.8) is 0 Å². The van der Waals surface area contributed by atoms with E-state index in [0.29, 0.717) is 23.7 Å². The number of hydrogen-bond donors (Lipinski definition) is 3. The summed E-state index contributed by atoms with van der Waals surface area (Å²) in [4.78, 5) is 7.88. The number of amidine groups is 1. The molecule has 1 heterocycles. The Morgan fingerprint density at radius 3 is 2.71 bits per heavy atom. The van der Waals surface area contributed by atoms with Gasteiger partial charge in [0, 0.05) is 24.1 Å². The quantitative estimate of drug-likeness (QED) is 0.359. The van der Waals surface area contributed by atoms with Gasteiger partial charge in [0.2, 0.25) is 0 Å². The van der Waals surface area contributed by atoms with E-state index in [0.717, 1.165) is 11.8 Å². The van der Waals surface area contributed by atoms with Crippen LogP contribution >= 0.6 is 11.8 Å². The number of pyridine rings is 1. The molecule has 0 spiro atoms. The van der Waals surface area contributed by atoms with Crippen molar-refractivity contribution in [1.82, 2.24) is 4.98 Å². The van der Waals surface area contributed by atoms with Gasteiger partial charge in [0.05, 0.1) is 6.26 Å². The smallest absolute Gasteiger partial charge is 0.251 e. The molecule has 10 heteroatoms. The molecule has 0 aliphatic heterocycles. The standard InChI is InChI=1S/C11H18N6O2S2/c1-21(18,19)17-9(12)3-5-20-7-8-2-4-15-10(6-8)16-11(13)14/h2,4,6H,3,5,7H2,1H3,(H2,12,17)(H4,13,14,15,16). The van der Waals surface area contributed by atoms with E-state index in [9.17, 15) is 8.42 Å². The monoisotopic (exact) mass is 330 g/mol. The lowest BCUT2D eigenvalue weighted by atomic mass is 10.3. The molecule has 0 aromatic carbocycles. The lowest BCUT2D eigenvalue weighted by molar-refractivity contribution is 0.603. The summed E-state index contributed by atoms with van der Waals surface area (Å²) in [5.74, 6) is 1.89. The highest BCUT2D eigenvalue weighted by molar-refractivity contribution is 7.98. The fraction of sp³-hybridized carbons (Fsp3) is 0.364. The Labute approximate surface area is 128 Å². The van der Waals surface area contributed by atoms with Crippen molar-refractivity contribution in [1.29, 1.82) is 0 Å². The molecule has 21 heavy (non-hydrogen) atoms. The zero-order valence-corrected chi connectivity index (χ0v) is 13.2. The molecule has 1 rings (SSSR count). The Bertz CT molecular complexity index is 638. The van der Waals surface area contributed by atoms with Crippen molar-refractivity contribution in [3.8, 4) is 0 Å². The Balaban J connectivity index is 2.47. The molecule has 0 aliphatic carbocycles. The Morgan fingerprint density at radius 1 is 1.38 bits per heavy atom. The Morgan fingerprint density at radius 2 is 2.10 bits per heavy atom. The molecule has 0 saturated heterocycles. The molecule has 0 atom stereocenters. The normalized spacial score (nSPS) is 12.1. The molecule has 0 unspecified atom stereocenters. The summed E-state index contributed by atoms with van der Waals surface area (Å²) >= 11 is 1.59. The number of nitrogens with zero attached hydrogens (tertiary/aromatic N) is 3. The van der Waals surface area contributed by atoms with Gasteiger partial charge in [-0.2, -0.15) is 21.2 Å². The van der Waals surface area contributed by atoms with E-state index < -0.39 is 10.0 Å². The number of sulfonamides is 1. The number of thioether (sulfide) groups is 1. The predicted molar refractivity (Wildman–Crippen MR) is 87.0 cm³/mol. The van der Waals surface area contributed by atoms with Gasteiger partial charge in [-0.05, 0) is 17.7 Å². The first-order valence-corrected chi connectivity index (χ1v) is 8.93. The van der Waals surface area contributed by atoms with Crippen LogP contribution in [0.4, 0.5) is 5.82 Å². The molecule has 0 radical (unpaired) electrons. The largest absolute Gasteiger partial charge is 0.386 e. The van der Waals surface area contributed by atoms with Gasteiger partial charge in [-0.3, -0.25) is 0 Å². The fourth-order valence-electron chi connectivity index (χ4n) is 1.37. The lowest BCUT2D eigenvalue weighted by Gasteiger charge is -2.03. The third-order valence-corrected chi connectivity index (χ3v) is 3.70. The maximum Gasteiger partial charge on any atom is 0.251 e. The minimum Gasteiger partial charge on any atom is -0.386 e. The molecule has 0 aliphatic rings. The van der Waals surface area contributed by atoms with E-state index >= 15 is 0 Å². The molecule has 0 bridgehead atoms. The number of hydrogen-bond acceptors (Lipinski definition) is 5. The van der Waals surface area contributed by atoms with Crippen LogP contribution in [0.2, 0.25) is 0 Å². The summed E-state index contributed by atoms with van der Waals surface area (Å²) < 4.78 is 25.2. The molecule has 1 aromatic rings. The van der Waals surface area contributed by atoms with E-state index in [1.807, 2.05) is 6.07 Å². The van der Waals surface area contributed by atoms with Crippen LogP contribution < -0.4 is 17.2 Å². The molecule has 0 fully saturated rings. The number of rotatable bonds is 7. The van der Waals surface area contributed by atoms with Crippen LogP contribution in [0.3, 0.4) is 0 Å². The van der Waals surface area contributed by atoms with E-state index in [1.54, 1.807) is 24.0 Å². The topological polar surface area (TPSA) is 150 Å². The van der Waals surface area contributed by atoms with Crippen molar-refractivity contribution in [3.05, 3.63) is 23.9 Å².